The number of carbonyl (C=O) groups excluding carboxylic acids is 1. The van der Waals surface area contributed by atoms with Crippen LogP contribution in [0.2, 0.25) is 5.02 Å². The number of aromatic nitrogens is 2. The zero-order valence-electron chi connectivity index (χ0n) is 23.5. The van der Waals surface area contributed by atoms with Crippen molar-refractivity contribution in [2.75, 3.05) is 28.6 Å². The molecule has 12 heteroatoms. The van der Waals surface area contributed by atoms with Crippen LogP contribution in [-0.2, 0) is 4.79 Å². The summed E-state index contributed by atoms with van der Waals surface area (Å²) in [6.45, 7) is 7.27. The molecule has 1 saturated carbocycles. The Balaban J connectivity index is 1.45. The lowest BCUT2D eigenvalue weighted by atomic mass is 9.85. The molecule has 4 N–H and O–H groups in total. The number of piperidine rings is 1. The molecule has 1 aliphatic heterocycles. The highest BCUT2D eigenvalue weighted by Gasteiger charge is 2.30. The standard InChI is InChI=1S/C30H35ClF2N8O/c1-18-28(39-29(35-2)37-21-7-6-14-40(17-21)22-8-4-3-5-9-22)41(23-12-10-19(11-13-23)27(34)42)30(36-18)38-26-24(31)15-20(32)16-25(26)33/h3-5,8-9,15-16,19,21,23H,2,6-7,10-14,17H2,1H3,(H2,34,42)(H,36,38)(H,37,39)/t19?,21-,23?/m1/s1. The number of amides is 1. The van der Waals surface area contributed by atoms with Crippen molar-refractivity contribution >= 4 is 53.3 Å². The molecule has 2 aliphatic rings. The van der Waals surface area contributed by atoms with E-state index in [2.05, 4.69) is 44.4 Å². The van der Waals surface area contributed by atoms with Gasteiger partial charge in [0, 0.05) is 36.8 Å². The molecule has 1 aliphatic carbocycles. The van der Waals surface area contributed by atoms with Crippen LogP contribution in [-0.4, -0.2) is 47.3 Å². The van der Waals surface area contributed by atoms with E-state index >= 15 is 0 Å². The zero-order valence-corrected chi connectivity index (χ0v) is 24.2. The number of para-hydroxylation sites is 1. The highest BCUT2D eigenvalue weighted by atomic mass is 35.5. The lowest BCUT2D eigenvalue weighted by Crippen LogP contribution is -2.38. The number of primary amides is 1. The zero-order chi connectivity index (χ0) is 29.8. The molecule has 0 bridgehead atoms. The van der Waals surface area contributed by atoms with Crippen molar-refractivity contribution in [1.29, 1.82) is 0 Å². The number of imidazole rings is 1. The summed E-state index contributed by atoms with van der Waals surface area (Å²) in [5.41, 5.74) is 7.26. The fourth-order valence-corrected chi connectivity index (χ4v) is 6.10. The van der Waals surface area contributed by atoms with Gasteiger partial charge in [0.2, 0.25) is 17.8 Å². The lowest BCUT2D eigenvalue weighted by Gasteiger charge is -2.33. The van der Waals surface area contributed by atoms with Gasteiger partial charge in [0.15, 0.2) is 5.82 Å². The minimum absolute atomic E-state index is 0.000600. The van der Waals surface area contributed by atoms with Gasteiger partial charge in [-0.15, -0.1) is 0 Å². The van der Waals surface area contributed by atoms with Gasteiger partial charge in [-0.05, 0) is 70.4 Å². The topological polar surface area (TPSA) is 113 Å². The smallest absolute Gasteiger partial charge is 0.223 e. The molecule has 0 unspecified atom stereocenters. The number of guanidine groups is 1. The number of nitrogens with zero attached hydrogens (tertiary/aromatic N) is 5. The summed E-state index contributed by atoms with van der Waals surface area (Å²) in [4.78, 5) is 27.9. The van der Waals surface area contributed by atoms with Crippen molar-refractivity contribution in [3.05, 3.63) is 64.8 Å². The number of rotatable bonds is 7. The molecule has 3 aromatic rings. The summed E-state index contributed by atoms with van der Waals surface area (Å²) in [6.07, 6.45) is 4.42. The average molecular weight is 597 g/mol. The van der Waals surface area contributed by atoms with E-state index in [9.17, 15) is 13.6 Å². The number of nitrogens with two attached hydrogens (primary N) is 1. The van der Waals surface area contributed by atoms with E-state index in [0.29, 0.717) is 49.1 Å². The van der Waals surface area contributed by atoms with E-state index < -0.39 is 11.6 Å². The maximum absolute atomic E-state index is 14.8. The number of carbonyl (C=O) groups is 1. The van der Waals surface area contributed by atoms with E-state index in [1.165, 1.54) is 0 Å². The van der Waals surface area contributed by atoms with Crippen LogP contribution in [0.25, 0.3) is 0 Å². The summed E-state index contributed by atoms with van der Waals surface area (Å²) in [7, 11) is 0. The van der Waals surface area contributed by atoms with Gasteiger partial charge >= 0.3 is 0 Å². The highest BCUT2D eigenvalue weighted by molar-refractivity contribution is 6.33. The summed E-state index contributed by atoms with van der Waals surface area (Å²) in [6, 6.07) is 12.0. The van der Waals surface area contributed by atoms with Crippen molar-refractivity contribution in [2.24, 2.45) is 21.6 Å². The largest absolute Gasteiger partial charge is 0.369 e. The second kappa shape index (κ2) is 12.9. The van der Waals surface area contributed by atoms with Gasteiger partial charge in [-0.3, -0.25) is 9.36 Å². The van der Waals surface area contributed by atoms with Gasteiger partial charge in [0.1, 0.15) is 11.6 Å². The first-order chi connectivity index (χ1) is 20.2. The van der Waals surface area contributed by atoms with Gasteiger partial charge in [0.05, 0.1) is 22.4 Å². The van der Waals surface area contributed by atoms with Gasteiger partial charge in [-0.25, -0.2) is 23.7 Å². The minimum Gasteiger partial charge on any atom is -0.369 e. The van der Waals surface area contributed by atoms with Gasteiger partial charge in [-0.2, -0.15) is 0 Å². The Labute approximate surface area is 248 Å². The first-order valence-corrected chi connectivity index (χ1v) is 14.5. The van der Waals surface area contributed by atoms with Crippen LogP contribution in [0.5, 0.6) is 0 Å². The Hall–Kier alpha value is -3.99. The van der Waals surface area contributed by atoms with Crippen LogP contribution in [0.15, 0.2) is 52.4 Å². The summed E-state index contributed by atoms with van der Waals surface area (Å²) in [5, 5.41) is 6.20. The number of aryl methyl sites for hydroxylation is 1. The van der Waals surface area contributed by atoms with E-state index in [4.69, 9.17) is 22.3 Å². The number of halogens is 3. The third-order valence-electron chi connectivity index (χ3n) is 8.00. The Morgan fingerprint density at radius 1 is 1.14 bits per heavy atom. The van der Waals surface area contributed by atoms with E-state index in [-0.39, 0.29) is 34.6 Å². The quantitative estimate of drug-likeness (QED) is 0.221. The summed E-state index contributed by atoms with van der Waals surface area (Å²) >= 11 is 6.20. The van der Waals surface area contributed by atoms with Crippen LogP contribution >= 0.6 is 11.6 Å². The van der Waals surface area contributed by atoms with Crippen molar-refractivity contribution in [2.45, 2.75) is 57.5 Å². The van der Waals surface area contributed by atoms with Gasteiger partial charge in [-0.1, -0.05) is 29.8 Å². The molecule has 1 aromatic heterocycles. The Kier molecular flexibility index (Phi) is 9.06. The SMILES string of the molecule is C=NC(=N[C@@H]1CCCN(c2ccccc2)C1)Nc1c(C)nc(Nc2c(F)cc(F)cc2Cl)n1C1CCC(C(N)=O)CC1. The summed E-state index contributed by atoms with van der Waals surface area (Å²) < 4.78 is 30.4. The number of aliphatic imine (C=N–C) groups is 2. The van der Waals surface area contributed by atoms with Gasteiger partial charge in [0.25, 0.3) is 0 Å². The molecule has 42 heavy (non-hydrogen) atoms. The van der Waals surface area contributed by atoms with Gasteiger partial charge < -0.3 is 21.3 Å². The van der Waals surface area contributed by atoms with E-state index in [1.54, 1.807) is 0 Å². The number of nitrogens with one attached hydrogen (secondary N) is 2. The third-order valence-corrected chi connectivity index (χ3v) is 8.29. The van der Waals surface area contributed by atoms with E-state index in [0.717, 1.165) is 43.8 Å². The van der Waals surface area contributed by atoms with Crippen molar-refractivity contribution < 1.29 is 13.6 Å². The molecule has 2 heterocycles. The van der Waals surface area contributed by atoms with Crippen molar-refractivity contribution in [3.8, 4) is 0 Å². The van der Waals surface area contributed by atoms with Crippen LogP contribution < -0.4 is 21.3 Å². The van der Waals surface area contributed by atoms with E-state index in [1.807, 2.05) is 29.7 Å². The Morgan fingerprint density at radius 3 is 2.55 bits per heavy atom. The maximum Gasteiger partial charge on any atom is 0.223 e. The predicted octanol–water partition coefficient (Wildman–Crippen LogP) is 6.22. The second-order valence-corrected chi connectivity index (χ2v) is 11.2. The molecule has 1 saturated heterocycles. The first-order valence-electron chi connectivity index (χ1n) is 14.1. The molecule has 0 radical (unpaired) electrons. The lowest BCUT2D eigenvalue weighted by molar-refractivity contribution is -0.122. The molecule has 1 atom stereocenters. The highest BCUT2D eigenvalue weighted by Crippen LogP contribution is 2.39. The third kappa shape index (κ3) is 6.56. The fourth-order valence-electron chi connectivity index (χ4n) is 5.86. The first kappa shape index (κ1) is 29.5. The number of hydrogen-bond donors (Lipinski definition) is 3. The van der Waals surface area contributed by atoms with Crippen LogP contribution in [0.4, 0.5) is 31.9 Å². The predicted molar refractivity (Wildman–Crippen MR) is 164 cm³/mol. The molecular weight excluding hydrogens is 562 g/mol. The number of hydrogen-bond acceptors (Lipinski definition) is 5. The summed E-state index contributed by atoms with van der Waals surface area (Å²) in [5.74, 6) is -0.845. The Morgan fingerprint density at radius 2 is 1.88 bits per heavy atom. The molecule has 0 spiro atoms. The fraction of sp³-hybridized carbons (Fsp3) is 0.400. The number of benzene rings is 2. The van der Waals surface area contributed by atoms with Crippen molar-refractivity contribution in [1.82, 2.24) is 9.55 Å². The minimum atomic E-state index is -0.838. The van der Waals surface area contributed by atoms with Crippen LogP contribution in [0.3, 0.4) is 0 Å². The maximum atomic E-state index is 14.8. The molecule has 1 amide bonds. The monoisotopic (exact) mass is 596 g/mol. The van der Waals surface area contributed by atoms with Crippen LogP contribution in [0, 0.1) is 24.5 Å². The van der Waals surface area contributed by atoms with Crippen LogP contribution in [0.1, 0.15) is 50.3 Å². The molecule has 5 rings (SSSR count). The molecule has 222 valence electrons. The number of anilines is 4. The molecular formula is C30H35ClF2N8O. The average Bonchev–Trinajstić information content (AvgIpc) is 3.29. The Bertz CT molecular complexity index is 1450. The molecule has 2 aromatic carbocycles. The molecule has 9 nitrogen and oxygen atoms in total. The normalized spacial score (nSPS) is 21.2. The molecule has 2 fully saturated rings. The second-order valence-electron chi connectivity index (χ2n) is 10.8. The van der Waals surface area contributed by atoms with Crippen molar-refractivity contribution in [3.63, 3.8) is 0 Å².